The van der Waals surface area contributed by atoms with Crippen LogP contribution in [0.3, 0.4) is 0 Å². The summed E-state index contributed by atoms with van der Waals surface area (Å²) in [6, 6.07) is 24.8. The highest BCUT2D eigenvalue weighted by Gasteiger charge is 2.05. The van der Waals surface area contributed by atoms with Crippen LogP contribution in [0.2, 0.25) is 0 Å². The number of nitrogens with zero attached hydrogens (tertiary/aromatic N) is 2. The molecule has 0 amide bonds. The van der Waals surface area contributed by atoms with Gasteiger partial charge in [0.2, 0.25) is 0 Å². The zero-order chi connectivity index (χ0) is 14.8. The van der Waals surface area contributed by atoms with Crippen molar-refractivity contribution in [3.63, 3.8) is 0 Å². The quantitative estimate of drug-likeness (QED) is 0.519. The molecule has 0 aliphatic heterocycles. The lowest BCUT2D eigenvalue weighted by molar-refractivity contribution is 1.25. The minimum atomic E-state index is 0.893. The van der Waals surface area contributed by atoms with E-state index in [1.807, 2.05) is 30.5 Å². The fourth-order valence-corrected chi connectivity index (χ4v) is 2.70. The second-order valence-electron chi connectivity index (χ2n) is 5.17. The van der Waals surface area contributed by atoms with E-state index < -0.39 is 0 Å². The van der Waals surface area contributed by atoms with Crippen LogP contribution in [-0.4, -0.2) is 9.97 Å². The van der Waals surface area contributed by atoms with Gasteiger partial charge in [-0.1, -0.05) is 54.6 Å². The lowest BCUT2D eigenvalue weighted by atomic mass is 9.99. The predicted octanol–water partition coefficient (Wildman–Crippen LogP) is 4.96. The smallest absolute Gasteiger partial charge is 0.0886 e. The van der Waals surface area contributed by atoms with E-state index in [2.05, 4.69) is 58.5 Å². The molecule has 4 aromatic rings. The molecule has 2 heteroatoms. The Kier molecular flexibility index (Phi) is 3.13. The summed E-state index contributed by atoms with van der Waals surface area (Å²) in [6.45, 7) is 0. The largest absolute Gasteiger partial charge is 0.255 e. The SMILES string of the molecule is c1ccc(-c2ccc(-c3cccc4ccccc34)cn2)nc1. The van der Waals surface area contributed by atoms with Crippen molar-refractivity contribution in [2.75, 3.05) is 0 Å². The van der Waals surface area contributed by atoms with Gasteiger partial charge in [0.25, 0.3) is 0 Å². The molecule has 0 unspecified atom stereocenters. The third-order valence-electron chi connectivity index (χ3n) is 3.79. The molecule has 2 aromatic carbocycles. The molecule has 0 atom stereocenters. The number of pyridine rings is 2. The Labute approximate surface area is 129 Å². The summed E-state index contributed by atoms with van der Waals surface area (Å²) in [6.07, 6.45) is 3.71. The zero-order valence-electron chi connectivity index (χ0n) is 12.0. The summed E-state index contributed by atoms with van der Waals surface area (Å²) in [5.41, 5.74) is 4.12. The lowest BCUT2D eigenvalue weighted by Gasteiger charge is -2.07. The van der Waals surface area contributed by atoms with Gasteiger partial charge in [0.15, 0.2) is 0 Å². The van der Waals surface area contributed by atoms with E-state index in [1.54, 1.807) is 6.20 Å². The fourth-order valence-electron chi connectivity index (χ4n) is 2.70. The molecule has 2 aromatic heterocycles. The molecule has 0 saturated heterocycles. The third kappa shape index (κ3) is 2.25. The summed E-state index contributed by atoms with van der Waals surface area (Å²) in [4.78, 5) is 8.91. The molecule has 4 rings (SSSR count). The van der Waals surface area contributed by atoms with Crippen LogP contribution in [0.15, 0.2) is 85.2 Å². The van der Waals surface area contributed by atoms with Crippen LogP contribution < -0.4 is 0 Å². The van der Waals surface area contributed by atoms with E-state index in [0.29, 0.717) is 0 Å². The van der Waals surface area contributed by atoms with E-state index in [-0.39, 0.29) is 0 Å². The van der Waals surface area contributed by atoms with Gasteiger partial charge >= 0.3 is 0 Å². The number of aromatic nitrogens is 2. The van der Waals surface area contributed by atoms with Crippen LogP contribution in [0.25, 0.3) is 33.3 Å². The zero-order valence-corrected chi connectivity index (χ0v) is 12.0. The minimum absolute atomic E-state index is 0.893. The van der Waals surface area contributed by atoms with Crippen LogP contribution in [0, 0.1) is 0 Å². The van der Waals surface area contributed by atoms with Gasteiger partial charge in [-0.05, 0) is 34.5 Å². The number of hydrogen-bond acceptors (Lipinski definition) is 2. The second-order valence-corrected chi connectivity index (χ2v) is 5.17. The average molecular weight is 282 g/mol. The first kappa shape index (κ1) is 12.7. The van der Waals surface area contributed by atoms with Gasteiger partial charge in [0.1, 0.15) is 0 Å². The molecule has 0 fully saturated rings. The lowest BCUT2D eigenvalue weighted by Crippen LogP contribution is -1.88. The standard InChI is InChI=1S/C20H14N2/c1-2-8-17-15(6-1)7-5-9-18(17)16-11-12-20(22-14-16)19-10-3-4-13-21-19/h1-14H. The highest BCUT2D eigenvalue weighted by molar-refractivity contribution is 5.96. The molecular formula is C20H14N2. The number of hydrogen-bond donors (Lipinski definition) is 0. The van der Waals surface area contributed by atoms with Crippen molar-refractivity contribution in [1.82, 2.24) is 9.97 Å². The molecule has 2 heterocycles. The van der Waals surface area contributed by atoms with Crippen molar-refractivity contribution in [1.29, 1.82) is 0 Å². The van der Waals surface area contributed by atoms with Crippen molar-refractivity contribution < 1.29 is 0 Å². The van der Waals surface area contributed by atoms with Crippen molar-refractivity contribution in [3.05, 3.63) is 85.2 Å². The fraction of sp³-hybridized carbons (Fsp3) is 0. The average Bonchev–Trinajstić information content (AvgIpc) is 2.62. The maximum absolute atomic E-state index is 4.57. The summed E-state index contributed by atoms with van der Waals surface area (Å²) >= 11 is 0. The highest BCUT2D eigenvalue weighted by atomic mass is 14.8. The van der Waals surface area contributed by atoms with Crippen LogP contribution in [0.1, 0.15) is 0 Å². The van der Waals surface area contributed by atoms with Gasteiger partial charge in [0.05, 0.1) is 11.4 Å². The van der Waals surface area contributed by atoms with Crippen LogP contribution in [0.4, 0.5) is 0 Å². The summed E-state index contributed by atoms with van der Waals surface area (Å²) in [5, 5.41) is 2.49. The monoisotopic (exact) mass is 282 g/mol. The first-order valence-corrected chi connectivity index (χ1v) is 7.27. The molecule has 2 nitrogen and oxygen atoms in total. The van der Waals surface area contributed by atoms with Crippen molar-refractivity contribution in [2.45, 2.75) is 0 Å². The molecule has 0 spiro atoms. The minimum Gasteiger partial charge on any atom is -0.255 e. The molecule has 0 N–H and O–H groups in total. The van der Waals surface area contributed by atoms with Gasteiger partial charge < -0.3 is 0 Å². The van der Waals surface area contributed by atoms with Crippen molar-refractivity contribution >= 4 is 10.8 Å². The normalized spacial score (nSPS) is 10.7. The summed E-state index contributed by atoms with van der Waals surface area (Å²) in [5.74, 6) is 0. The number of fused-ring (bicyclic) bond motifs is 1. The first-order chi connectivity index (χ1) is 10.9. The van der Waals surface area contributed by atoms with Gasteiger partial charge in [-0.2, -0.15) is 0 Å². The van der Waals surface area contributed by atoms with Gasteiger partial charge in [-0.15, -0.1) is 0 Å². The van der Waals surface area contributed by atoms with Gasteiger partial charge in [0, 0.05) is 18.0 Å². The Morgan fingerprint density at radius 2 is 1.41 bits per heavy atom. The van der Waals surface area contributed by atoms with Crippen LogP contribution in [-0.2, 0) is 0 Å². The number of rotatable bonds is 2. The van der Waals surface area contributed by atoms with E-state index >= 15 is 0 Å². The molecule has 0 bridgehead atoms. The number of benzene rings is 2. The maximum atomic E-state index is 4.57. The Morgan fingerprint density at radius 1 is 0.591 bits per heavy atom. The molecule has 0 aliphatic carbocycles. The van der Waals surface area contributed by atoms with Crippen molar-refractivity contribution in [3.8, 4) is 22.5 Å². The maximum Gasteiger partial charge on any atom is 0.0886 e. The third-order valence-corrected chi connectivity index (χ3v) is 3.79. The molecule has 0 radical (unpaired) electrons. The van der Waals surface area contributed by atoms with E-state index in [0.717, 1.165) is 17.0 Å². The molecule has 22 heavy (non-hydrogen) atoms. The Balaban J connectivity index is 1.80. The van der Waals surface area contributed by atoms with Crippen LogP contribution >= 0.6 is 0 Å². The first-order valence-electron chi connectivity index (χ1n) is 7.27. The summed E-state index contributed by atoms with van der Waals surface area (Å²) < 4.78 is 0. The molecule has 104 valence electrons. The van der Waals surface area contributed by atoms with Gasteiger partial charge in [-0.3, -0.25) is 9.97 Å². The summed E-state index contributed by atoms with van der Waals surface area (Å²) in [7, 11) is 0. The molecule has 0 saturated carbocycles. The Hall–Kier alpha value is -3.00. The molecule has 0 aliphatic rings. The molecular weight excluding hydrogens is 268 g/mol. The Morgan fingerprint density at radius 3 is 2.23 bits per heavy atom. The topological polar surface area (TPSA) is 25.8 Å². The predicted molar refractivity (Wildman–Crippen MR) is 90.4 cm³/mol. The van der Waals surface area contributed by atoms with Gasteiger partial charge in [-0.25, -0.2) is 0 Å². The van der Waals surface area contributed by atoms with E-state index in [1.165, 1.54) is 16.3 Å². The van der Waals surface area contributed by atoms with E-state index in [9.17, 15) is 0 Å². The second kappa shape index (κ2) is 5.41. The highest BCUT2D eigenvalue weighted by Crippen LogP contribution is 2.28. The van der Waals surface area contributed by atoms with Crippen LogP contribution in [0.5, 0.6) is 0 Å². The van der Waals surface area contributed by atoms with Crippen molar-refractivity contribution in [2.24, 2.45) is 0 Å². The van der Waals surface area contributed by atoms with E-state index in [4.69, 9.17) is 0 Å². The Bertz CT molecular complexity index is 908.